The Morgan fingerprint density at radius 2 is 2.00 bits per heavy atom. The zero-order valence-electron chi connectivity index (χ0n) is 8.62. The van der Waals surface area contributed by atoms with Crippen molar-refractivity contribution >= 4 is 17.3 Å². The van der Waals surface area contributed by atoms with E-state index in [2.05, 4.69) is 4.99 Å². The van der Waals surface area contributed by atoms with E-state index in [1.807, 2.05) is 13.0 Å². The highest BCUT2D eigenvalue weighted by molar-refractivity contribution is 5.80. The van der Waals surface area contributed by atoms with E-state index in [4.69, 9.17) is 32.5 Å². The Morgan fingerprint density at radius 3 is 2.44 bits per heavy atom. The smallest absolute Gasteiger partial charge is 0.291 e. The van der Waals surface area contributed by atoms with Crippen LogP contribution < -0.4 is 17.2 Å². The lowest BCUT2D eigenvalue weighted by Gasteiger charge is -2.01. The molecule has 0 spiro atoms. The van der Waals surface area contributed by atoms with Gasteiger partial charge in [0.15, 0.2) is 5.96 Å². The van der Waals surface area contributed by atoms with Gasteiger partial charge in [-0.1, -0.05) is 6.07 Å². The molecule has 16 heavy (non-hydrogen) atoms. The molecule has 8 nitrogen and oxygen atoms in total. The van der Waals surface area contributed by atoms with Crippen LogP contribution in [-0.4, -0.2) is 16.3 Å². The molecule has 0 heterocycles. The molecular weight excluding hydrogens is 214 g/mol. The van der Waals surface area contributed by atoms with Gasteiger partial charge in [-0.15, -0.1) is 10.1 Å². The minimum atomic E-state index is -1.50. The van der Waals surface area contributed by atoms with E-state index in [9.17, 15) is 0 Å². The number of hydrogen-bond donors (Lipinski definition) is 4. The standard InChI is InChI=1S/C8H12N4.HNO3/c1-5-2-3-6(9)4-7(5)12-8(10)11;2-1(3)4/h2-4H,9H2,1H3,(H4,10,11,12);(H,2,3,4). The predicted molar refractivity (Wildman–Crippen MR) is 59.8 cm³/mol. The first-order chi connectivity index (χ1) is 7.32. The minimum Gasteiger partial charge on any atom is -0.399 e. The zero-order valence-corrected chi connectivity index (χ0v) is 8.62. The second-order valence-corrected chi connectivity index (χ2v) is 2.82. The van der Waals surface area contributed by atoms with Crippen molar-refractivity contribution in [2.24, 2.45) is 16.5 Å². The van der Waals surface area contributed by atoms with Crippen LogP contribution in [0.1, 0.15) is 5.56 Å². The molecule has 0 saturated heterocycles. The van der Waals surface area contributed by atoms with Crippen LogP contribution in [0.4, 0.5) is 11.4 Å². The third kappa shape index (κ3) is 6.02. The zero-order chi connectivity index (χ0) is 12.7. The Labute approximate surface area is 91.5 Å². The summed E-state index contributed by atoms with van der Waals surface area (Å²) in [7, 11) is 0. The molecule has 7 N–H and O–H groups in total. The molecule has 0 amide bonds. The molecule has 0 atom stereocenters. The Morgan fingerprint density at radius 1 is 1.50 bits per heavy atom. The summed E-state index contributed by atoms with van der Waals surface area (Å²) < 4.78 is 0. The number of benzene rings is 1. The van der Waals surface area contributed by atoms with Gasteiger partial charge in [0.25, 0.3) is 5.09 Å². The highest BCUT2D eigenvalue weighted by atomic mass is 16.9. The Hall–Kier alpha value is -2.51. The molecule has 8 heteroatoms. The van der Waals surface area contributed by atoms with E-state index >= 15 is 0 Å². The highest BCUT2D eigenvalue weighted by Crippen LogP contribution is 2.20. The maximum absolute atomic E-state index is 8.36. The summed E-state index contributed by atoms with van der Waals surface area (Å²) in [5.41, 5.74) is 18.4. The monoisotopic (exact) mass is 227 g/mol. The van der Waals surface area contributed by atoms with Crippen LogP contribution in [0.5, 0.6) is 0 Å². The molecular formula is C8H13N5O3. The molecule has 0 aliphatic carbocycles. The van der Waals surface area contributed by atoms with Gasteiger partial charge in [0.1, 0.15) is 0 Å². The summed E-state index contributed by atoms with van der Waals surface area (Å²) in [4.78, 5) is 12.3. The van der Waals surface area contributed by atoms with E-state index in [0.29, 0.717) is 5.69 Å². The van der Waals surface area contributed by atoms with Gasteiger partial charge in [-0.2, -0.15) is 0 Å². The number of aryl methyl sites for hydroxylation is 1. The van der Waals surface area contributed by atoms with Crippen molar-refractivity contribution in [3.8, 4) is 0 Å². The maximum atomic E-state index is 8.36. The molecule has 88 valence electrons. The molecule has 0 saturated carbocycles. The van der Waals surface area contributed by atoms with E-state index < -0.39 is 5.09 Å². The van der Waals surface area contributed by atoms with Crippen molar-refractivity contribution in [3.05, 3.63) is 33.9 Å². The third-order valence-electron chi connectivity index (χ3n) is 1.48. The fourth-order valence-electron chi connectivity index (χ4n) is 0.886. The average Bonchev–Trinajstić information content (AvgIpc) is 2.09. The van der Waals surface area contributed by atoms with Crippen molar-refractivity contribution < 1.29 is 10.3 Å². The van der Waals surface area contributed by atoms with Gasteiger partial charge in [-0.25, -0.2) is 4.99 Å². The van der Waals surface area contributed by atoms with Crippen LogP contribution in [0.3, 0.4) is 0 Å². The molecule has 0 fully saturated rings. The molecule has 0 radical (unpaired) electrons. The van der Waals surface area contributed by atoms with Crippen LogP contribution >= 0.6 is 0 Å². The second-order valence-electron chi connectivity index (χ2n) is 2.82. The molecule has 1 aromatic carbocycles. The minimum absolute atomic E-state index is 0.0451. The number of nitrogen functional groups attached to an aromatic ring is 1. The summed E-state index contributed by atoms with van der Waals surface area (Å²) in [6, 6.07) is 5.41. The van der Waals surface area contributed by atoms with E-state index in [0.717, 1.165) is 11.3 Å². The number of aliphatic imine (C=N–C) groups is 1. The number of rotatable bonds is 1. The Bertz CT molecular complexity index is 397. The summed E-state index contributed by atoms with van der Waals surface area (Å²) in [6.45, 7) is 1.92. The van der Waals surface area contributed by atoms with Crippen molar-refractivity contribution in [1.82, 2.24) is 0 Å². The van der Waals surface area contributed by atoms with Crippen molar-refractivity contribution in [2.45, 2.75) is 6.92 Å². The van der Waals surface area contributed by atoms with Gasteiger partial charge in [-0.05, 0) is 24.6 Å². The van der Waals surface area contributed by atoms with E-state index in [1.54, 1.807) is 12.1 Å². The van der Waals surface area contributed by atoms with Crippen LogP contribution in [-0.2, 0) is 0 Å². The topological polar surface area (TPSA) is 154 Å². The van der Waals surface area contributed by atoms with Crippen LogP contribution in [0.2, 0.25) is 0 Å². The SMILES string of the molecule is Cc1ccc(N)cc1N=C(N)N.O=[N+]([O-])O. The van der Waals surface area contributed by atoms with E-state index in [1.165, 1.54) is 0 Å². The molecule has 0 aromatic heterocycles. The summed E-state index contributed by atoms with van der Waals surface area (Å²) in [5.74, 6) is 0.0451. The lowest BCUT2D eigenvalue weighted by molar-refractivity contribution is -0.742. The van der Waals surface area contributed by atoms with Crippen LogP contribution in [0, 0.1) is 17.0 Å². The van der Waals surface area contributed by atoms with Gasteiger partial charge >= 0.3 is 0 Å². The highest BCUT2D eigenvalue weighted by Gasteiger charge is 1.96. The Balaban J connectivity index is 0.000000487. The fourth-order valence-corrected chi connectivity index (χ4v) is 0.886. The van der Waals surface area contributed by atoms with Gasteiger partial charge in [0.05, 0.1) is 5.69 Å². The number of anilines is 1. The first-order valence-corrected chi connectivity index (χ1v) is 4.12. The predicted octanol–water partition coefficient (Wildman–Crippen LogP) is 0.134. The molecule has 0 aliphatic heterocycles. The molecule has 0 unspecified atom stereocenters. The van der Waals surface area contributed by atoms with Crippen molar-refractivity contribution in [1.29, 1.82) is 0 Å². The van der Waals surface area contributed by atoms with Gasteiger partial charge in [0.2, 0.25) is 0 Å². The molecule has 0 bridgehead atoms. The average molecular weight is 227 g/mol. The number of guanidine groups is 1. The molecule has 1 aromatic rings. The first-order valence-electron chi connectivity index (χ1n) is 4.12. The lowest BCUT2D eigenvalue weighted by Crippen LogP contribution is -2.22. The van der Waals surface area contributed by atoms with Crippen molar-refractivity contribution in [3.63, 3.8) is 0 Å². The van der Waals surface area contributed by atoms with Crippen LogP contribution in [0.15, 0.2) is 23.2 Å². The number of nitrogens with two attached hydrogens (primary N) is 3. The lowest BCUT2D eigenvalue weighted by atomic mass is 10.2. The molecule has 0 aliphatic rings. The van der Waals surface area contributed by atoms with Gasteiger partial charge < -0.3 is 22.4 Å². The second kappa shape index (κ2) is 6.06. The largest absolute Gasteiger partial charge is 0.399 e. The first kappa shape index (κ1) is 13.5. The number of nitrogens with zero attached hydrogens (tertiary/aromatic N) is 2. The van der Waals surface area contributed by atoms with Gasteiger partial charge in [-0.3, -0.25) is 0 Å². The number of hydrogen-bond acceptors (Lipinski definition) is 4. The normalized spacial score (nSPS) is 8.56. The maximum Gasteiger partial charge on any atom is 0.291 e. The van der Waals surface area contributed by atoms with E-state index in [-0.39, 0.29) is 5.96 Å². The summed E-state index contributed by atoms with van der Waals surface area (Å²) in [5, 5.41) is 13.6. The summed E-state index contributed by atoms with van der Waals surface area (Å²) >= 11 is 0. The summed E-state index contributed by atoms with van der Waals surface area (Å²) in [6.07, 6.45) is 0. The van der Waals surface area contributed by atoms with Gasteiger partial charge in [0, 0.05) is 5.69 Å². The van der Waals surface area contributed by atoms with Crippen molar-refractivity contribution in [2.75, 3.05) is 5.73 Å². The van der Waals surface area contributed by atoms with Crippen LogP contribution in [0.25, 0.3) is 0 Å². The Kier molecular flexibility index (Phi) is 5.11. The molecule has 1 rings (SSSR count). The third-order valence-corrected chi connectivity index (χ3v) is 1.48. The quantitative estimate of drug-likeness (QED) is 0.176. The fraction of sp³-hybridized carbons (Fsp3) is 0.125.